The van der Waals surface area contributed by atoms with Gasteiger partial charge in [-0.25, -0.2) is 0 Å². The van der Waals surface area contributed by atoms with Crippen LogP contribution in [0.1, 0.15) is 25.7 Å². The molecule has 0 fully saturated rings. The molecule has 0 aromatic rings. The van der Waals surface area contributed by atoms with Crippen LogP contribution in [0.2, 0.25) is 0 Å². The zero-order chi connectivity index (χ0) is 14.7. The van der Waals surface area contributed by atoms with Crippen molar-refractivity contribution >= 4 is 49.1 Å². The van der Waals surface area contributed by atoms with Crippen LogP contribution < -0.4 is 0 Å². The summed E-state index contributed by atoms with van der Waals surface area (Å²) >= 11 is 7.64. The lowest BCUT2D eigenvalue weighted by Crippen LogP contribution is -2.17. The average molecular weight is 309 g/mol. The summed E-state index contributed by atoms with van der Waals surface area (Å²) in [5.41, 5.74) is 0. The van der Waals surface area contributed by atoms with Crippen molar-refractivity contribution in [3.05, 3.63) is 0 Å². The fourth-order valence-electron chi connectivity index (χ4n) is 0.924. The zero-order valence-corrected chi connectivity index (χ0v) is 11.9. The fourth-order valence-corrected chi connectivity index (χ4v) is 1.29. The summed E-state index contributed by atoms with van der Waals surface area (Å²) in [6.45, 7) is 0. The van der Waals surface area contributed by atoms with E-state index < -0.39 is 17.9 Å². The highest BCUT2D eigenvalue weighted by Crippen LogP contribution is 2.01. The third-order valence-corrected chi connectivity index (χ3v) is 2.19. The molecule has 0 spiro atoms. The molecule has 0 rings (SSSR count). The minimum Gasteiger partial charge on any atom is -0.408 e. The van der Waals surface area contributed by atoms with E-state index in [-0.39, 0.29) is 43.1 Å². The van der Waals surface area contributed by atoms with Gasteiger partial charge in [-0.1, -0.05) is 5.16 Å². The maximum absolute atomic E-state index is 11.2. The summed E-state index contributed by atoms with van der Waals surface area (Å²) in [6, 6.07) is 0. The van der Waals surface area contributed by atoms with E-state index in [1.54, 1.807) is 0 Å². The maximum atomic E-state index is 11.2. The molecule has 0 unspecified atom stereocenters. The third kappa shape index (κ3) is 9.37. The Morgan fingerprint density at radius 3 is 1.79 bits per heavy atom. The van der Waals surface area contributed by atoms with Gasteiger partial charge in [0.05, 0.1) is 19.3 Å². The molecule has 0 bridgehead atoms. The molecule has 0 saturated carbocycles. The van der Waals surface area contributed by atoms with Crippen LogP contribution in [0.5, 0.6) is 0 Å². The highest BCUT2D eigenvalue weighted by Gasteiger charge is 2.14. The smallest absolute Gasteiger partial charge is 0.314 e. The topological polar surface area (TPSA) is 102 Å². The minimum atomic E-state index is -0.793. The quantitative estimate of drug-likeness (QED) is 0.122. The SMILES string of the molecule is O=C(CCS)OC(=O)CC/C(=N/O)OC(=O)CCS. The highest BCUT2D eigenvalue weighted by atomic mass is 32.1. The molecule has 0 atom stereocenters. The van der Waals surface area contributed by atoms with Gasteiger partial charge in [0.15, 0.2) is 0 Å². The number of carbonyl (C=O) groups is 3. The summed E-state index contributed by atoms with van der Waals surface area (Å²) in [5.74, 6) is -1.85. The van der Waals surface area contributed by atoms with Gasteiger partial charge in [-0.15, -0.1) is 0 Å². The maximum Gasteiger partial charge on any atom is 0.314 e. The fraction of sp³-hybridized carbons (Fsp3) is 0.600. The first-order chi connectivity index (χ1) is 9.03. The number of esters is 3. The summed E-state index contributed by atoms with van der Waals surface area (Å²) in [7, 11) is 0. The number of hydrogen-bond acceptors (Lipinski definition) is 9. The molecule has 1 N–H and O–H groups in total. The van der Waals surface area contributed by atoms with Gasteiger partial charge in [-0.05, 0) is 0 Å². The van der Waals surface area contributed by atoms with Crippen LogP contribution in [-0.2, 0) is 23.9 Å². The largest absolute Gasteiger partial charge is 0.408 e. The van der Waals surface area contributed by atoms with Crippen LogP contribution in [0.15, 0.2) is 5.16 Å². The Morgan fingerprint density at radius 1 is 0.842 bits per heavy atom. The van der Waals surface area contributed by atoms with Gasteiger partial charge < -0.3 is 14.7 Å². The molecule has 0 aliphatic heterocycles. The van der Waals surface area contributed by atoms with Crippen molar-refractivity contribution in [2.45, 2.75) is 25.7 Å². The summed E-state index contributed by atoms with van der Waals surface area (Å²) in [5, 5.41) is 11.3. The van der Waals surface area contributed by atoms with E-state index in [1.807, 2.05) is 0 Å². The lowest BCUT2D eigenvalue weighted by molar-refractivity contribution is -0.159. The number of rotatable bonds is 7. The molecular formula is C10H15NO6S2. The molecule has 7 nitrogen and oxygen atoms in total. The van der Waals surface area contributed by atoms with E-state index >= 15 is 0 Å². The van der Waals surface area contributed by atoms with E-state index in [4.69, 9.17) is 5.21 Å². The van der Waals surface area contributed by atoms with Gasteiger partial charge in [-0.3, -0.25) is 14.4 Å². The zero-order valence-electron chi connectivity index (χ0n) is 10.1. The second-order valence-electron chi connectivity index (χ2n) is 3.26. The Balaban J connectivity index is 4.04. The first-order valence-electron chi connectivity index (χ1n) is 5.40. The van der Waals surface area contributed by atoms with Gasteiger partial charge in [0.25, 0.3) is 0 Å². The van der Waals surface area contributed by atoms with Gasteiger partial charge in [0.1, 0.15) is 0 Å². The molecule has 108 valence electrons. The normalized spacial score (nSPS) is 10.9. The lowest BCUT2D eigenvalue weighted by atomic mass is 10.3. The van der Waals surface area contributed by atoms with Crippen molar-refractivity contribution in [2.75, 3.05) is 11.5 Å². The van der Waals surface area contributed by atoms with E-state index in [9.17, 15) is 14.4 Å². The van der Waals surface area contributed by atoms with E-state index in [0.29, 0.717) is 0 Å². The molecule has 0 saturated heterocycles. The van der Waals surface area contributed by atoms with E-state index in [0.717, 1.165) is 0 Å². The van der Waals surface area contributed by atoms with Crippen molar-refractivity contribution in [1.29, 1.82) is 0 Å². The van der Waals surface area contributed by atoms with Crippen molar-refractivity contribution in [3.8, 4) is 0 Å². The van der Waals surface area contributed by atoms with Crippen molar-refractivity contribution in [1.82, 2.24) is 0 Å². The van der Waals surface area contributed by atoms with E-state index in [1.165, 1.54) is 0 Å². The van der Waals surface area contributed by atoms with E-state index in [2.05, 4.69) is 39.9 Å². The Bertz CT molecular complexity index is 358. The molecule has 0 aromatic carbocycles. The molecular weight excluding hydrogens is 294 g/mol. The molecule has 0 radical (unpaired) electrons. The first-order valence-corrected chi connectivity index (χ1v) is 6.66. The summed E-state index contributed by atoms with van der Waals surface area (Å²) in [6.07, 6.45) is -0.326. The Morgan fingerprint density at radius 2 is 1.32 bits per heavy atom. The predicted molar refractivity (Wildman–Crippen MR) is 72.6 cm³/mol. The Kier molecular flexibility index (Phi) is 9.99. The lowest BCUT2D eigenvalue weighted by Gasteiger charge is -2.05. The number of hydrogen-bond donors (Lipinski definition) is 3. The van der Waals surface area contributed by atoms with Gasteiger partial charge >= 0.3 is 17.9 Å². The molecule has 9 heteroatoms. The minimum absolute atomic E-state index is 0.0206. The highest BCUT2D eigenvalue weighted by molar-refractivity contribution is 7.80. The molecule has 0 amide bonds. The summed E-state index contributed by atoms with van der Waals surface area (Å²) < 4.78 is 9.07. The Hall–Kier alpha value is -1.22. The van der Waals surface area contributed by atoms with Gasteiger partial charge in [0, 0.05) is 17.9 Å². The van der Waals surface area contributed by atoms with Crippen LogP contribution in [-0.4, -0.2) is 40.5 Å². The molecule has 0 heterocycles. The predicted octanol–water partition coefficient (Wildman–Crippen LogP) is 0.807. The molecule has 19 heavy (non-hydrogen) atoms. The van der Waals surface area contributed by atoms with Crippen LogP contribution in [0.3, 0.4) is 0 Å². The van der Waals surface area contributed by atoms with Crippen molar-refractivity contribution in [2.24, 2.45) is 5.16 Å². The Labute approximate surface area is 121 Å². The number of oxime groups is 1. The second-order valence-corrected chi connectivity index (χ2v) is 4.16. The third-order valence-electron chi connectivity index (χ3n) is 1.75. The second kappa shape index (κ2) is 10.7. The number of ether oxygens (including phenoxy) is 2. The van der Waals surface area contributed by atoms with Crippen LogP contribution in [0, 0.1) is 0 Å². The van der Waals surface area contributed by atoms with Crippen molar-refractivity contribution < 1.29 is 29.1 Å². The average Bonchev–Trinajstić information content (AvgIpc) is 2.34. The van der Waals surface area contributed by atoms with Crippen molar-refractivity contribution in [3.63, 3.8) is 0 Å². The molecule has 0 aliphatic rings. The van der Waals surface area contributed by atoms with Gasteiger partial charge in [0.2, 0.25) is 5.90 Å². The standard InChI is InChI=1S/C10H15NO6S2/c12-8(17-10(14)4-6-19)2-1-7(11-15)16-9(13)3-5-18/h15,18-19H,1-6H2/b11-7-. The van der Waals surface area contributed by atoms with Gasteiger partial charge in [-0.2, -0.15) is 25.3 Å². The number of carbonyl (C=O) groups excluding carboxylic acids is 3. The number of thiol groups is 2. The molecule has 0 aliphatic carbocycles. The number of nitrogens with zero attached hydrogens (tertiary/aromatic N) is 1. The monoisotopic (exact) mass is 309 g/mol. The van der Waals surface area contributed by atoms with Crippen LogP contribution >= 0.6 is 25.3 Å². The van der Waals surface area contributed by atoms with Crippen LogP contribution in [0.4, 0.5) is 0 Å². The summed E-state index contributed by atoms with van der Waals surface area (Å²) in [4.78, 5) is 33.2. The van der Waals surface area contributed by atoms with Crippen LogP contribution in [0.25, 0.3) is 0 Å². The first kappa shape index (κ1) is 17.8. The molecule has 0 aromatic heterocycles.